The minimum absolute atomic E-state index is 0.162. The van der Waals surface area contributed by atoms with Crippen LogP contribution < -0.4 is 10.6 Å². The number of hydrogen-bond acceptors (Lipinski definition) is 3. The average molecular weight is 366 g/mol. The first-order valence-electron chi connectivity index (χ1n) is 8.96. The third-order valence-electron chi connectivity index (χ3n) is 4.77. The van der Waals surface area contributed by atoms with Crippen molar-refractivity contribution in [3.63, 3.8) is 0 Å². The first-order valence-corrected chi connectivity index (χ1v) is 8.96. The summed E-state index contributed by atoms with van der Waals surface area (Å²) in [5.41, 5.74) is 1.42. The molecule has 1 saturated carbocycles. The van der Waals surface area contributed by atoms with E-state index in [0.717, 1.165) is 5.56 Å². The van der Waals surface area contributed by atoms with E-state index in [1.54, 1.807) is 24.3 Å². The van der Waals surface area contributed by atoms with Gasteiger partial charge in [0.1, 0.15) is 6.04 Å². The predicted molar refractivity (Wildman–Crippen MR) is 100 cm³/mol. The Hall–Kier alpha value is -3.15. The van der Waals surface area contributed by atoms with Gasteiger partial charge in [0, 0.05) is 18.0 Å². The lowest BCUT2D eigenvalue weighted by atomic mass is 9.80. The number of rotatable bonds is 7. The second-order valence-electron chi connectivity index (χ2n) is 6.79. The number of aliphatic carboxylic acids is 1. The zero-order valence-electron chi connectivity index (χ0n) is 14.8. The standard InChI is InChI=1S/C21H22N2O4/c24-19(15-9-5-2-6-10-15)23-18(11-14-7-3-1-4-8-14)20(25)22-17-12-16(13-17)21(26)27/h1-10,16-18H,11-13H2,(H,22,25)(H,23,24)(H,26,27). The Balaban J connectivity index is 1.66. The molecule has 0 radical (unpaired) electrons. The van der Waals surface area contributed by atoms with Crippen LogP contribution in [0.5, 0.6) is 0 Å². The highest BCUT2D eigenvalue weighted by atomic mass is 16.4. The fraction of sp³-hybridized carbons (Fsp3) is 0.286. The van der Waals surface area contributed by atoms with E-state index in [2.05, 4.69) is 10.6 Å². The summed E-state index contributed by atoms with van der Waals surface area (Å²) in [6, 6.07) is 17.3. The van der Waals surface area contributed by atoms with Crippen LogP contribution in [0.4, 0.5) is 0 Å². The van der Waals surface area contributed by atoms with Crippen LogP contribution >= 0.6 is 0 Å². The fourth-order valence-electron chi connectivity index (χ4n) is 3.13. The molecule has 1 aliphatic rings. The van der Waals surface area contributed by atoms with Crippen molar-refractivity contribution in [2.24, 2.45) is 5.92 Å². The molecule has 0 bridgehead atoms. The summed E-state index contributed by atoms with van der Waals surface area (Å²) in [4.78, 5) is 36.1. The third-order valence-corrected chi connectivity index (χ3v) is 4.77. The molecule has 6 heteroatoms. The molecule has 1 atom stereocenters. The van der Waals surface area contributed by atoms with Gasteiger partial charge in [0.2, 0.25) is 5.91 Å². The molecule has 1 aliphatic carbocycles. The van der Waals surface area contributed by atoms with E-state index in [9.17, 15) is 14.4 Å². The van der Waals surface area contributed by atoms with Gasteiger partial charge in [-0.2, -0.15) is 0 Å². The smallest absolute Gasteiger partial charge is 0.306 e. The maximum absolute atomic E-state index is 12.7. The largest absolute Gasteiger partial charge is 0.481 e. The van der Waals surface area contributed by atoms with Gasteiger partial charge in [0.05, 0.1) is 5.92 Å². The van der Waals surface area contributed by atoms with E-state index in [4.69, 9.17) is 5.11 Å². The summed E-state index contributed by atoms with van der Waals surface area (Å²) in [6.45, 7) is 0. The van der Waals surface area contributed by atoms with Crippen molar-refractivity contribution in [1.82, 2.24) is 10.6 Å². The van der Waals surface area contributed by atoms with E-state index in [1.807, 2.05) is 36.4 Å². The van der Waals surface area contributed by atoms with Gasteiger partial charge in [-0.05, 0) is 30.5 Å². The van der Waals surface area contributed by atoms with Crippen LogP contribution in [0, 0.1) is 5.92 Å². The molecule has 27 heavy (non-hydrogen) atoms. The minimum Gasteiger partial charge on any atom is -0.481 e. The molecule has 140 valence electrons. The number of carboxylic acid groups (broad SMARTS) is 1. The summed E-state index contributed by atoms with van der Waals surface area (Å²) in [5, 5.41) is 14.6. The summed E-state index contributed by atoms with van der Waals surface area (Å²) >= 11 is 0. The number of hydrogen-bond donors (Lipinski definition) is 3. The van der Waals surface area contributed by atoms with Gasteiger partial charge in [-0.3, -0.25) is 14.4 Å². The van der Waals surface area contributed by atoms with Crippen molar-refractivity contribution < 1.29 is 19.5 Å². The maximum Gasteiger partial charge on any atom is 0.306 e. The van der Waals surface area contributed by atoms with Crippen molar-refractivity contribution in [1.29, 1.82) is 0 Å². The first-order chi connectivity index (χ1) is 13.0. The van der Waals surface area contributed by atoms with Gasteiger partial charge in [0.25, 0.3) is 5.91 Å². The molecular weight excluding hydrogens is 344 g/mol. The number of carboxylic acids is 1. The topological polar surface area (TPSA) is 95.5 Å². The summed E-state index contributed by atoms with van der Waals surface area (Å²) in [7, 11) is 0. The van der Waals surface area contributed by atoms with E-state index in [-0.39, 0.29) is 17.9 Å². The van der Waals surface area contributed by atoms with E-state index in [0.29, 0.717) is 24.8 Å². The molecule has 2 aromatic carbocycles. The summed E-state index contributed by atoms with van der Waals surface area (Å²) in [5.74, 6) is -1.85. The molecule has 0 spiro atoms. The number of carbonyl (C=O) groups excluding carboxylic acids is 2. The third kappa shape index (κ3) is 4.94. The van der Waals surface area contributed by atoms with Gasteiger partial charge in [-0.25, -0.2) is 0 Å². The molecule has 0 saturated heterocycles. The molecule has 6 nitrogen and oxygen atoms in total. The van der Waals surface area contributed by atoms with Crippen LogP contribution in [0.2, 0.25) is 0 Å². The van der Waals surface area contributed by atoms with E-state index >= 15 is 0 Å². The Morgan fingerprint density at radius 1 is 0.963 bits per heavy atom. The maximum atomic E-state index is 12.7. The molecule has 1 fully saturated rings. The molecule has 0 aromatic heterocycles. The van der Waals surface area contributed by atoms with Gasteiger partial charge in [-0.15, -0.1) is 0 Å². The number of nitrogens with one attached hydrogen (secondary N) is 2. The summed E-state index contributed by atoms with van der Waals surface area (Å²) < 4.78 is 0. The SMILES string of the molecule is O=C(NC(Cc1ccccc1)C(=O)NC1CC(C(=O)O)C1)c1ccccc1. The Labute approximate surface area is 157 Å². The van der Waals surface area contributed by atoms with Crippen molar-refractivity contribution in [3.8, 4) is 0 Å². The zero-order chi connectivity index (χ0) is 19.2. The molecule has 0 aliphatic heterocycles. The highest BCUT2D eigenvalue weighted by Crippen LogP contribution is 2.27. The lowest BCUT2D eigenvalue weighted by Crippen LogP contribution is -2.54. The summed E-state index contributed by atoms with van der Waals surface area (Å²) in [6.07, 6.45) is 1.21. The quantitative estimate of drug-likeness (QED) is 0.698. The highest BCUT2D eigenvalue weighted by Gasteiger charge is 2.36. The predicted octanol–water partition coefficient (Wildman–Crippen LogP) is 2.01. The average Bonchev–Trinajstić information content (AvgIpc) is 2.64. The zero-order valence-corrected chi connectivity index (χ0v) is 14.8. The van der Waals surface area contributed by atoms with E-state index < -0.39 is 17.9 Å². The van der Waals surface area contributed by atoms with Crippen LogP contribution in [0.3, 0.4) is 0 Å². The number of amides is 2. The first kappa shape index (κ1) is 18.6. The van der Waals surface area contributed by atoms with Gasteiger partial charge < -0.3 is 15.7 Å². The van der Waals surface area contributed by atoms with Crippen LogP contribution in [0.1, 0.15) is 28.8 Å². The molecule has 1 unspecified atom stereocenters. The molecule has 0 heterocycles. The fourth-order valence-corrected chi connectivity index (χ4v) is 3.13. The molecular formula is C21H22N2O4. The van der Waals surface area contributed by atoms with Crippen LogP contribution in [0.15, 0.2) is 60.7 Å². The van der Waals surface area contributed by atoms with Gasteiger partial charge in [0.15, 0.2) is 0 Å². The van der Waals surface area contributed by atoms with Crippen molar-refractivity contribution in [2.45, 2.75) is 31.3 Å². The van der Waals surface area contributed by atoms with Gasteiger partial charge in [-0.1, -0.05) is 48.5 Å². The number of benzene rings is 2. The van der Waals surface area contributed by atoms with Crippen molar-refractivity contribution in [3.05, 3.63) is 71.8 Å². The molecule has 2 aromatic rings. The lowest BCUT2D eigenvalue weighted by molar-refractivity contribution is -0.146. The van der Waals surface area contributed by atoms with Gasteiger partial charge >= 0.3 is 5.97 Å². The van der Waals surface area contributed by atoms with Crippen molar-refractivity contribution in [2.75, 3.05) is 0 Å². The Bertz CT molecular complexity index is 801. The second-order valence-corrected chi connectivity index (χ2v) is 6.79. The lowest BCUT2D eigenvalue weighted by Gasteiger charge is -2.34. The number of carbonyl (C=O) groups is 3. The molecule has 3 rings (SSSR count). The Morgan fingerprint density at radius 2 is 1.56 bits per heavy atom. The molecule has 2 amide bonds. The second kappa shape index (κ2) is 8.49. The highest BCUT2D eigenvalue weighted by molar-refractivity contribution is 5.97. The van der Waals surface area contributed by atoms with E-state index in [1.165, 1.54) is 0 Å². The monoisotopic (exact) mass is 366 g/mol. The normalized spacial score (nSPS) is 19.4. The van der Waals surface area contributed by atoms with Crippen LogP contribution in [-0.2, 0) is 16.0 Å². The Kier molecular flexibility index (Phi) is 5.86. The Morgan fingerprint density at radius 3 is 2.15 bits per heavy atom. The molecule has 3 N–H and O–H groups in total. The van der Waals surface area contributed by atoms with Crippen molar-refractivity contribution >= 4 is 17.8 Å². The van der Waals surface area contributed by atoms with Crippen LogP contribution in [0.25, 0.3) is 0 Å². The minimum atomic E-state index is -0.835. The van der Waals surface area contributed by atoms with Crippen LogP contribution in [-0.4, -0.2) is 35.0 Å².